The van der Waals surface area contributed by atoms with Crippen molar-refractivity contribution in [3.05, 3.63) is 77.5 Å². The maximum absolute atomic E-state index is 13.0. The highest BCUT2D eigenvalue weighted by molar-refractivity contribution is 8.19. The van der Waals surface area contributed by atoms with Crippen LogP contribution in [0.3, 0.4) is 0 Å². The number of rotatable bonds is 5. The van der Waals surface area contributed by atoms with Crippen LogP contribution in [0.5, 0.6) is 5.75 Å². The molecule has 2 aromatic carbocycles. The first-order chi connectivity index (χ1) is 12.1. The smallest absolute Gasteiger partial charge is 0.298 e. The topological polar surface area (TPSA) is 46.6 Å². The maximum Gasteiger partial charge on any atom is 0.298 e. The number of carbonyl (C=O) groups excluding carboxylic acids is 2. The van der Waals surface area contributed by atoms with Crippen LogP contribution in [-0.2, 0) is 4.79 Å². The Kier molecular flexibility index (Phi) is 5.00. The van der Waals surface area contributed by atoms with Crippen molar-refractivity contribution in [2.75, 3.05) is 11.5 Å². The van der Waals surface area contributed by atoms with Crippen molar-refractivity contribution in [3.8, 4) is 5.75 Å². The van der Waals surface area contributed by atoms with Gasteiger partial charge in [-0.1, -0.05) is 24.8 Å². The summed E-state index contributed by atoms with van der Waals surface area (Å²) in [6, 6.07) is 12.4. The van der Waals surface area contributed by atoms with Crippen LogP contribution in [0.2, 0.25) is 0 Å². The van der Waals surface area contributed by atoms with Gasteiger partial charge in [-0.05, 0) is 59.8 Å². The van der Waals surface area contributed by atoms with E-state index in [1.807, 2.05) is 0 Å². The molecule has 6 heteroatoms. The molecular weight excluding hydrogens is 341 g/mol. The average Bonchev–Trinajstić information content (AvgIpc) is 2.89. The second kappa shape index (κ2) is 7.36. The molecule has 2 aromatic rings. The van der Waals surface area contributed by atoms with Gasteiger partial charge in [0, 0.05) is 0 Å². The van der Waals surface area contributed by atoms with E-state index in [1.54, 1.807) is 36.4 Å². The molecule has 0 saturated carbocycles. The monoisotopic (exact) mass is 355 g/mol. The number of halogens is 1. The molecule has 1 fully saturated rings. The summed E-state index contributed by atoms with van der Waals surface area (Å²) in [5, 5.41) is -0.409. The molecule has 0 unspecified atom stereocenters. The minimum absolute atomic E-state index is 0.314. The van der Waals surface area contributed by atoms with Crippen molar-refractivity contribution in [3.63, 3.8) is 0 Å². The Bertz CT molecular complexity index is 844. The molecule has 126 valence electrons. The fourth-order valence-electron chi connectivity index (χ4n) is 2.25. The zero-order valence-electron chi connectivity index (χ0n) is 13.1. The van der Waals surface area contributed by atoms with Crippen LogP contribution in [-0.4, -0.2) is 17.8 Å². The van der Waals surface area contributed by atoms with E-state index in [-0.39, 0.29) is 0 Å². The minimum atomic E-state index is -0.426. The molecule has 4 nitrogen and oxygen atoms in total. The predicted molar refractivity (Wildman–Crippen MR) is 97.0 cm³/mol. The second-order valence-electron chi connectivity index (χ2n) is 5.16. The fourth-order valence-corrected chi connectivity index (χ4v) is 3.09. The van der Waals surface area contributed by atoms with Gasteiger partial charge in [0.05, 0.1) is 10.6 Å². The standard InChI is InChI=1S/C19H14FNO3S/c1-2-11-24-16-9-3-13(4-10-16)12-17-18(22)21(19(23)25-17)15-7-5-14(20)6-8-15/h2-10,12H,1,11H2/b17-12-. The van der Waals surface area contributed by atoms with Crippen LogP contribution >= 0.6 is 11.8 Å². The Morgan fingerprint density at radius 2 is 1.76 bits per heavy atom. The van der Waals surface area contributed by atoms with Crippen LogP contribution in [0.1, 0.15) is 5.56 Å². The number of imide groups is 1. The van der Waals surface area contributed by atoms with Gasteiger partial charge in [-0.2, -0.15) is 0 Å². The van der Waals surface area contributed by atoms with Gasteiger partial charge in [0.15, 0.2) is 0 Å². The molecule has 1 aliphatic rings. The van der Waals surface area contributed by atoms with E-state index < -0.39 is 17.0 Å². The zero-order chi connectivity index (χ0) is 17.8. The van der Waals surface area contributed by atoms with Crippen molar-refractivity contribution in [1.82, 2.24) is 0 Å². The lowest BCUT2D eigenvalue weighted by atomic mass is 10.2. The number of ether oxygens (including phenoxy) is 1. The summed E-state index contributed by atoms with van der Waals surface area (Å²) < 4.78 is 18.4. The highest BCUT2D eigenvalue weighted by Gasteiger charge is 2.36. The van der Waals surface area contributed by atoms with Gasteiger partial charge in [-0.25, -0.2) is 9.29 Å². The molecule has 0 aliphatic carbocycles. The summed E-state index contributed by atoms with van der Waals surface area (Å²) in [6.45, 7) is 3.99. The number of carbonyl (C=O) groups is 2. The quantitative estimate of drug-likeness (QED) is 0.579. The molecule has 2 amide bonds. The summed E-state index contributed by atoms with van der Waals surface area (Å²) in [5.74, 6) is -0.157. The van der Waals surface area contributed by atoms with Gasteiger partial charge in [0.25, 0.3) is 11.1 Å². The van der Waals surface area contributed by atoms with Crippen molar-refractivity contribution in [1.29, 1.82) is 0 Å². The summed E-state index contributed by atoms with van der Waals surface area (Å²) in [5.41, 5.74) is 1.12. The number of hydrogen-bond donors (Lipinski definition) is 0. The Morgan fingerprint density at radius 3 is 2.40 bits per heavy atom. The Labute approximate surface area is 148 Å². The van der Waals surface area contributed by atoms with Gasteiger partial charge in [-0.3, -0.25) is 9.59 Å². The average molecular weight is 355 g/mol. The first kappa shape index (κ1) is 17.0. The lowest BCUT2D eigenvalue weighted by Gasteiger charge is -2.11. The lowest BCUT2D eigenvalue weighted by Crippen LogP contribution is -2.27. The molecule has 3 rings (SSSR count). The summed E-state index contributed by atoms with van der Waals surface area (Å²) >= 11 is 0.854. The number of benzene rings is 2. The number of amides is 2. The van der Waals surface area contributed by atoms with Crippen molar-refractivity contribution in [2.24, 2.45) is 0 Å². The van der Waals surface area contributed by atoms with Gasteiger partial charge in [-0.15, -0.1) is 0 Å². The van der Waals surface area contributed by atoms with Gasteiger partial charge in [0.2, 0.25) is 0 Å². The van der Waals surface area contributed by atoms with Crippen molar-refractivity contribution in [2.45, 2.75) is 0 Å². The van der Waals surface area contributed by atoms with Crippen molar-refractivity contribution >= 4 is 34.7 Å². The minimum Gasteiger partial charge on any atom is -0.490 e. The maximum atomic E-state index is 13.0. The fraction of sp³-hybridized carbons (Fsp3) is 0.0526. The van der Waals surface area contributed by atoms with Gasteiger partial charge < -0.3 is 4.74 Å². The first-order valence-electron chi connectivity index (χ1n) is 7.46. The molecule has 1 heterocycles. The summed E-state index contributed by atoms with van der Waals surface area (Å²) in [4.78, 5) is 26.0. The van der Waals surface area contributed by atoms with Crippen LogP contribution in [0, 0.1) is 5.82 Å². The number of nitrogens with zero attached hydrogens (tertiary/aromatic N) is 1. The van der Waals surface area contributed by atoms with E-state index in [0.717, 1.165) is 22.2 Å². The molecular formula is C19H14FNO3S. The third-order valence-corrected chi connectivity index (χ3v) is 4.29. The predicted octanol–water partition coefficient (Wildman–Crippen LogP) is 4.63. The Morgan fingerprint density at radius 1 is 1.08 bits per heavy atom. The van der Waals surface area contributed by atoms with Crippen LogP contribution in [0.25, 0.3) is 6.08 Å². The van der Waals surface area contributed by atoms with E-state index in [9.17, 15) is 14.0 Å². The van der Waals surface area contributed by atoms with E-state index in [0.29, 0.717) is 22.9 Å². The largest absolute Gasteiger partial charge is 0.490 e. The molecule has 25 heavy (non-hydrogen) atoms. The highest BCUT2D eigenvalue weighted by Crippen LogP contribution is 2.35. The summed E-state index contributed by atoms with van der Waals surface area (Å²) in [6.07, 6.45) is 3.30. The highest BCUT2D eigenvalue weighted by atomic mass is 32.2. The molecule has 0 radical (unpaired) electrons. The van der Waals surface area contributed by atoms with E-state index in [1.165, 1.54) is 24.3 Å². The SMILES string of the molecule is C=CCOc1ccc(/C=C2\SC(=O)N(c3ccc(F)cc3)C2=O)cc1. The third kappa shape index (κ3) is 3.80. The van der Waals surface area contributed by atoms with Gasteiger partial charge >= 0.3 is 0 Å². The van der Waals surface area contributed by atoms with Crippen LogP contribution in [0.4, 0.5) is 14.9 Å². The van der Waals surface area contributed by atoms with Crippen molar-refractivity contribution < 1.29 is 18.7 Å². The third-order valence-electron chi connectivity index (χ3n) is 3.42. The number of hydrogen-bond acceptors (Lipinski definition) is 4. The normalized spacial score (nSPS) is 15.7. The number of thioether (sulfide) groups is 1. The van der Waals surface area contributed by atoms with Crippen LogP contribution in [0.15, 0.2) is 66.1 Å². The number of anilines is 1. The Hall–Kier alpha value is -2.86. The first-order valence-corrected chi connectivity index (χ1v) is 8.27. The van der Waals surface area contributed by atoms with E-state index >= 15 is 0 Å². The lowest BCUT2D eigenvalue weighted by molar-refractivity contribution is -0.113. The molecule has 0 bridgehead atoms. The zero-order valence-corrected chi connectivity index (χ0v) is 14.0. The summed E-state index contributed by atoms with van der Waals surface area (Å²) in [7, 11) is 0. The molecule has 0 atom stereocenters. The Balaban J connectivity index is 1.80. The molecule has 1 saturated heterocycles. The van der Waals surface area contributed by atoms with E-state index in [2.05, 4.69) is 6.58 Å². The molecule has 0 spiro atoms. The van der Waals surface area contributed by atoms with E-state index in [4.69, 9.17) is 4.74 Å². The molecule has 1 aliphatic heterocycles. The van der Waals surface area contributed by atoms with Crippen LogP contribution < -0.4 is 9.64 Å². The molecule has 0 N–H and O–H groups in total. The van der Waals surface area contributed by atoms with Gasteiger partial charge in [0.1, 0.15) is 18.2 Å². The molecule has 0 aromatic heterocycles. The second-order valence-corrected chi connectivity index (χ2v) is 6.16.